The lowest BCUT2D eigenvalue weighted by molar-refractivity contribution is 0.299. The number of nitrogens with zero attached hydrogens (tertiary/aromatic N) is 3. The number of fused-ring (bicyclic) bond motifs is 3. The van der Waals surface area contributed by atoms with Crippen molar-refractivity contribution >= 4 is 11.6 Å². The first-order chi connectivity index (χ1) is 12.8. The number of benzene rings is 1. The van der Waals surface area contributed by atoms with E-state index in [2.05, 4.69) is 15.3 Å². The number of ether oxygens (including phenoxy) is 1. The largest absolute Gasteiger partial charge is 0.481 e. The van der Waals surface area contributed by atoms with E-state index in [9.17, 15) is 0 Å². The van der Waals surface area contributed by atoms with E-state index in [4.69, 9.17) is 14.8 Å². The Morgan fingerprint density at radius 2 is 1.85 bits per heavy atom. The van der Waals surface area contributed by atoms with Crippen molar-refractivity contribution in [1.29, 1.82) is 0 Å². The second-order valence-corrected chi connectivity index (χ2v) is 6.25. The van der Waals surface area contributed by atoms with Crippen LogP contribution in [0, 0.1) is 0 Å². The first-order valence-electron chi connectivity index (χ1n) is 8.63. The molecule has 0 saturated carbocycles. The maximum absolute atomic E-state index is 9.01. The van der Waals surface area contributed by atoms with Gasteiger partial charge in [-0.3, -0.25) is 0 Å². The average molecular weight is 348 g/mol. The van der Waals surface area contributed by atoms with E-state index in [1.54, 1.807) is 7.11 Å². The number of aryl methyl sites for hydroxylation is 2. The van der Waals surface area contributed by atoms with E-state index in [0.29, 0.717) is 18.2 Å². The van der Waals surface area contributed by atoms with Gasteiger partial charge in [-0.2, -0.15) is 0 Å². The van der Waals surface area contributed by atoms with Gasteiger partial charge in [0.15, 0.2) is 0 Å². The molecule has 2 heterocycles. The third kappa shape index (κ3) is 3.23. The molecule has 0 amide bonds. The fraction of sp³-hybridized carbons (Fsp3) is 0.250. The van der Waals surface area contributed by atoms with Gasteiger partial charge in [-0.1, -0.05) is 12.1 Å². The monoisotopic (exact) mass is 348 g/mol. The Morgan fingerprint density at radius 3 is 2.62 bits per heavy atom. The van der Waals surface area contributed by atoms with E-state index in [1.807, 2.05) is 42.7 Å². The lowest BCUT2D eigenvalue weighted by atomic mass is 9.91. The van der Waals surface area contributed by atoms with Crippen molar-refractivity contribution < 1.29 is 9.84 Å². The van der Waals surface area contributed by atoms with E-state index in [-0.39, 0.29) is 6.61 Å². The summed E-state index contributed by atoms with van der Waals surface area (Å²) in [5, 5.41) is 12.3. The van der Waals surface area contributed by atoms with Gasteiger partial charge in [-0.25, -0.2) is 15.0 Å². The van der Waals surface area contributed by atoms with Crippen molar-refractivity contribution in [2.45, 2.75) is 19.3 Å². The standard InChI is InChI=1S/C20H20N4O2/c1-26-18-10-17-14(11-21-18)4-5-15-12-22-20(24-19(15)17)23-16-6-2-13(3-7-16)8-9-25/h2-3,6-7,10-12,25H,4-5,8-9H2,1H3,(H,22,23,24). The van der Waals surface area contributed by atoms with Crippen LogP contribution in [0.5, 0.6) is 5.88 Å². The number of pyridine rings is 1. The summed E-state index contributed by atoms with van der Waals surface area (Å²) in [7, 11) is 1.62. The van der Waals surface area contributed by atoms with Crippen LogP contribution in [0.25, 0.3) is 11.3 Å². The number of aromatic nitrogens is 3. The van der Waals surface area contributed by atoms with Gasteiger partial charge in [0.1, 0.15) is 0 Å². The summed E-state index contributed by atoms with van der Waals surface area (Å²) in [6.07, 6.45) is 6.25. The van der Waals surface area contributed by atoms with E-state index >= 15 is 0 Å². The minimum atomic E-state index is 0.151. The Hall–Kier alpha value is -2.99. The second-order valence-electron chi connectivity index (χ2n) is 6.25. The molecule has 2 N–H and O–H groups in total. The second kappa shape index (κ2) is 7.09. The molecule has 4 rings (SSSR count). The van der Waals surface area contributed by atoms with Crippen LogP contribution in [0.3, 0.4) is 0 Å². The van der Waals surface area contributed by atoms with Gasteiger partial charge in [0.25, 0.3) is 0 Å². The van der Waals surface area contributed by atoms with Crippen LogP contribution in [-0.2, 0) is 19.3 Å². The molecule has 0 bridgehead atoms. The van der Waals surface area contributed by atoms with E-state index in [0.717, 1.165) is 40.9 Å². The van der Waals surface area contributed by atoms with Gasteiger partial charge in [-0.05, 0) is 48.1 Å². The van der Waals surface area contributed by atoms with Crippen LogP contribution < -0.4 is 10.1 Å². The highest BCUT2D eigenvalue weighted by Crippen LogP contribution is 2.33. The SMILES string of the molecule is COc1cc2c(cn1)CCc1cnc(Nc3ccc(CCO)cc3)nc1-2. The molecule has 1 aromatic carbocycles. The number of nitrogens with one attached hydrogen (secondary N) is 1. The zero-order chi connectivity index (χ0) is 17.9. The summed E-state index contributed by atoms with van der Waals surface area (Å²) in [6.45, 7) is 0.151. The van der Waals surface area contributed by atoms with Gasteiger partial charge in [0, 0.05) is 36.3 Å². The highest BCUT2D eigenvalue weighted by Gasteiger charge is 2.20. The maximum atomic E-state index is 9.01. The smallest absolute Gasteiger partial charge is 0.227 e. The van der Waals surface area contributed by atoms with Gasteiger partial charge in [-0.15, -0.1) is 0 Å². The predicted octanol–water partition coefficient (Wildman–Crippen LogP) is 2.92. The van der Waals surface area contributed by atoms with Gasteiger partial charge < -0.3 is 15.2 Å². The number of rotatable bonds is 5. The molecule has 26 heavy (non-hydrogen) atoms. The molecule has 1 aliphatic rings. The van der Waals surface area contributed by atoms with Crippen molar-refractivity contribution in [2.75, 3.05) is 19.0 Å². The minimum absolute atomic E-state index is 0.151. The third-order valence-corrected chi connectivity index (χ3v) is 4.56. The molecule has 0 radical (unpaired) electrons. The molecular formula is C20H20N4O2. The van der Waals surface area contributed by atoms with E-state index in [1.165, 1.54) is 5.56 Å². The Labute approximate surface area is 151 Å². The average Bonchev–Trinajstić information content (AvgIpc) is 2.69. The maximum Gasteiger partial charge on any atom is 0.227 e. The molecule has 0 fully saturated rings. The van der Waals surface area contributed by atoms with Crippen molar-refractivity contribution in [3.63, 3.8) is 0 Å². The number of aliphatic hydroxyl groups excluding tert-OH is 1. The zero-order valence-electron chi connectivity index (χ0n) is 14.6. The molecule has 0 unspecified atom stereocenters. The molecule has 2 aromatic heterocycles. The number of aliphatic hydroxyl groups is 1. The quantitative estimate of drug-likeness (QED) is 0.738. The highest BCUT2D eigenvalue weighted by atomic mass is 16.5. The fourth-order valence-electron chi connectivity index (χ4n) is 3.16. The Kier molecular flexibility index (Phi) is 4.50. The summed E-state index contributed by atoms with van der Waals surface area (Å²) in [6, 6.07) is 9.85. The van der Waals surface area contributed by atoms with Crippen LogP contribution in [-0.4, -0.2) is 33.8 Å². The third-order valence-electron chi connectivity index (χ3n) is 4.56. The normalized spacial score (nSPS) is 12.2. The Bertz CT molecular complexity index is 926. The number of hydrogen-bond donors (Lipinski definition) is 2. The van der Waals surface area contributed by atoms with Gasteiger partial charge in [0.05, 0.1) is 12.8 Å². The van der Waals surface area contributed by atoms with E-state index < -0.39 is 0 Å². The van der Waals surface area contributed by atoms with Crippen LogP contribution in [0.4, 0.5) is 11.6 Å². The zero-order valence-corrected chi connectivity index (χ0v) is 14.6. The molecule has 132 valence electrons. The molecule has 0 aliphatic heterocycles. The highest BCUT2D eigenvalue weighted by molar-refractivity contribution is 5.71. The number of anilines is 2. The van der Waals surface area contributed by atoms with Crippen molar-refractivity contribution in [1.82, 2.24) is 15.0 Å². The summed E-state index contributed by atoms with van der Waals surface area (Å²) < 4.78 is 5.26. The van der Waals surface area contributed by atoms with Gasteiger partial charge >= 0.3 is 0 Å². The molecule has 0 spiro atoms. The van der Waals surface area contributed by atoms with Gasteiger partial charge in [0.2, 0.25) is 11.8 Å². The molecule has 6 heteroatoms. The molecule has 0 atom stereocenters. The number of methoxy groups -OCH3 is 1. The topological polar surface area (TPSA) is 80.2 Å². The van der Waals surface area contributed by atoms with Crippen molar-refractivity contribution in [3.8, 4) is 17.1 Å². The molecule has 6 nitrogen and oxygen atoms in total. The number of hydrogen-bond acceptors (Lipinski definition) is 6. The molecule has 3 aromatic rings. The molecular weight excluding hydrogens is 328 g/mol. The molecule has 0 saturated heterocycles. The summed E-state index contributed by atoms with van der Waals surface area (Å²) >= 11 is 0. The van der Waals surface area contributed by atoms with Crippen LogP contribution in [0.2, 0.25) is 0 Å². The molecule has 1 aliphatic carbocycles. The van der Waals surface area contributed by atoms with Crippen LogP contribution in [0.15, 0.2) is 42.7 Å². The predicted molar refractivity (Wildman–Crippen MR) is 99.7 cm³/mol. The summed E-state index contributed by atoms with van der Waals surface area (Å²) in [5.41, 5.74) is 6.31. The lowest BCUT2D eigenvalue weighted by Crippen LogP contribution is -2.09. The Balaban J connectivity index is 1.64. The van der Waals surface area contributed by atoms with Crippen LogP contribution >= 0.6 is 0 Å². The summed E-state index contributed by atoms with van der Waals surface area (Å²) in [4.78, 5) is 13.5. The summed E-state index contributed by atoms with van der Waals surface area (Å²) in [5.74, 6) is 1.14. The first kappa shape index (κ1) is 16.5. The van der Waals surface area contributed by atoms with Crippen molar-refractivity contribution in [2.24, 2.45) is 0 Å². The lowest BCUT2D eigenvalue weighted by Gasteiger charge is -2.19. The first-order valence-corrected chi connectivity index (χ1v) is 8.63. The van der Waals surface area contributed by atoms with Crippen molar-refractivity contribution in [3.05, 3.63) is 59.4 Å². The fourth-order valence-corrected chi connectivity index (χ4v) is 3.16. The minimum Gasteiger partial charge on any atom is -0.481 e. The Morgan fingerprint density at radius 1 is 1.08 bits per heavy atom. The van der Waals surface area contributed by atoms with Crippen LogP contribution in [0.1, 0.15) is 16.7 Å².